The van der Waals surface area contributed by atoms with Gasteiger partial charge in [-0.25, -0.2) is 0 Å². The first-order valence-corrected chi connectivity index (χ1v) is 7.67. The van der Waals surface area contributed by atoms with E-state index in [1.807, 2.05) is 36.4 Å². The Morgan fingerprint density at radius 3 is 2.78 bits per heavy atom. The highest BCUT2D eigenvalue weighted by Gasteiger charge is 2.69. The van der Waals surface area contributed by atoms with Crippen molar-refractivity contribution in [2.24, 2.45) is 11.8 Å². The predicted octanol–water partition coefficient (Wildman–Crippen LogP) is 0.668. The second-order valence-corrected chi connectivity index (χ2v) is 6.20. The van der Waals surface area contributed by atoms with Gasteiger partial charge in [0, 0.05) is 17.6 Å². The van der Waals surface area contributed by atoms with Gasteiger partial charge in [0.25, 0.3) is 0 Å². The number of hydrogen-bond acceptors (Lipinski definition) is 4. The smallest absolute Gasteiger partial charge is 0.234 e. The molecule has 5 atom stereocenters. The predicted molar refractivity (Wildman–Crippen MR) is 81.3 cm³/mol. The summed E-state index contributed by atoms with van der Waals surface area (Å²) in [5.41, 5.74) is -0.165. The number of carboxylic acids is 1. The van der Waals surface area contributed by atoms with Crippen molar-refractivity contribution in [3.63, 3.8) is 0 Å². The van der Waals surface area contributed by atoms with Crippen molar-refractivity contribution >= 4 is 17.6 Å². The topological polar surface area (TPSA) is 69.7 Å². The fourth-order valence-electron chi connectivity index (χ4n) is 4.26. The van der Waals surface area contributed by atoms with Gasteiger partial charge in [-0.3, -0.25) is 4.79 Å². The van der Waals surface area contributed by atoms with E-state index in [0.717, 1.165) is 5.69 Å². The summed E-state index contributed by atoms with van der Waals surface area (Å²) in [6.45, 7) is 3.78. The molecule has 5 heteroatoms. The van der Waals surface area contributed by atoms with Crippen molar-refractivity contribution < 1.29 is 19.4 Å². The molecule has 1 amide bonds. The van der Waals surface area contributed by atoms with Gasteiger partial charge >= 0.3 is 0 Å². The third-order valence-electron chi connectivity index (χ3n) is 5.12. The third kappa shape index (κ3) is 1.71. The Morgan fingerprint density at radius 1 is 1.39 bits per heavy atom. The minimum atomic E-state index is -1.23. The molecule has 1 aromatic rings. The molecule has 2 saturated heterocycles. The molecule has 0 N–H and O–H groups in total. The number of fused-ring (bicyclic) bond motifs is 1. The number of ether oxygens (including phenoxy) is 1. The van der Waals surface area contributed by atoms with Gasteiger partial charge in [0.2, 0.25) is 5.91 Å². The van der Waals surface area contributed by atoms with Crippen LogP contribution in [-0.2, 0) is 14.3 Å². The van der Waals surface area contributed by atoms with E-state index in [-0.39, 0.29) is 11.9 Å². The molecular formula is C18H16NO4-. The molecule has 3 aliphatic heterocycles. The highest BCUT2D eigenvalue weighted by atomic mass is 16.5. The molecule has 0 aliphatic carbocycles. The summed E-state index contributed by atoms with van der Waals surface area (Å²) in [5, 5.41) is 11.6. The Hall–Kier alpha value is -2.40. The highest BCUT2D eigenvalue weighted by Crippen LogP contribution is 2.56. The molecule has 118 valence electrons. The van der Waals surface area contributed by atoms with Crippen LogP contribution < -0.4 is 10.0 Å². The Bertz CT molecular complexity index is 713. The lowest BCUT2D eigenvalue weighted by Crippen LogP contribution is -2.46. The van der Waals surface area contributed by atoms with Gasteiger partial charge in [0.1, 0.15) is 5.60 Å². The Kier molecular flexibility index (Phi) is 2.96. The average Bonchev–Trinajstić information content (AvgIpc) is 3.18. The highest BCUT2D eigenvalue weighted by molar-refractivity contribution is 6.03. The molecule has 0 radical (unpaired) electrons. The molecule has 3 aliphatic rings. The molecular weight excluding hydrogens is 294 g/mol. The minimum Gasteiger partial charge on any atom is -0.550 e. The van der Waals surface area contributed by atoms with E-state index in [0.29, 0.717) is 6.42 Å². The molecule has 2 fully saturated rings. The van der Waals surface area contributed by atoms with Gasteiger partial charge in [0.15, 0.2) is 0 Å². The quantitative estimate of drug-likeness (QED) is 0.766. The number of carboxylic acid groups (broad SMARTS) is 1. The maximum atomic E-state index is 13.1. The molecule has 1 spiro atoms. The molecule has 4 rings (SSSR count). The number of carbonyl (C=O) groups is 2. The van der Waals surface area contributed by atoms with Crippen LogP contribution in [0.15, 0.2) is 55.1 Å². The van der Waals surface area contributed by atoms with E-state index in [4.69, 9.17) is 4.74 Å². The normalized spacial score (nSPS) is 37.2. The van der Waals surface area contributed by atoms with Crippen LogP contribution in [0.1, 0.15) is 6.42 Å². The number of anilines is 1. The van der Waals surface area contributed by atoms with Gasteiger partial charge in [-0.2, -0.15) is 0 Å². The second kappa shape index (κ2) is 4.80. The first-order valence-electron chi connectivity index (χ1n) is 7.67. The lowest BCUT2D eigenvalue weighted by atomic mass is 9.74. The molecule has 0 unspecified atom stereocenters. The number of carbonyl (C=O) groups excluding carboxylic acids is 2. The first kappa shape index (κ1) is 14.2. The van der Waals surface area contributed by atoms with Crippen molar-refractivity contribution in [2.75, 3.05) is 4.90 Å². The van der Waals surface area contributed by atoms with Crippen LogP contribution in [0.4, 0.5) is 5.69 Å². The molecule has 1 aromatic carbocycles. The molecule has 3 heterocycles. The number of benzene rings is 1. The van der Waals surface area contributed by atoms with Crippen molar-refractivity contribution in [1.29, 1.82) is 0 Å². The van der Waals surface area contributed by atoms with Gasteiger partial charge in [-0.15, -0.1) is 6.58 Å². The van der Waals surface area contributed by atoms with Crippen LogP contribution in [0.5, 0.6) is 0 Å². The summed E-state index contributed by atoms with van der Waals surface area (Å²) < 4.78 is 6.00. The van der Waals surface area contributed by atoms with Gasteiger partial charge in [-0.1, -0.05) is 36.4 Å². The Morgan fingerprint density at radius 2 is 2.13 bits per heavy atom. The lowest BCUT2D eigenvalue weighted by molar-refractivity contribution is -0.313. The summed E-state index contributed by atoms with van der Waals surface area (Å²) in [6.07, 6.45) is 5.28. The first-order chi connectivity index (χ1) is 11.1. The van der Waals surface area contributed by atoms with Crippen molar-refractivity contribution in [3.05, 3.63) is 55.1 Å². The largest absolute Gasteiger partial charge is 0.550 e. The monoisotopic (exact) mass is 310 g/mol. The van der Waals surface area contributed by atoms with Crippen LogP contribution in [0.25, 0.3) is 0 Å². The molecule has 0 saturated carbocycles. The fourth-order valence-corrected chi connectivity index (χ4v) is 4.26. The van der Waals surface area contributed by atoms with Crippen LogP contribution >= 0.6 is 0 Å². The number of aliphatic carboxylic acids is 1. The number of nitrogens with zero attached hydrogens (tertiary/aromatic N) is 1. The minimum absolute atomic E-state index is 0.218. The number of amides is 1. The third-order valence-corrected chi connectivity index (χ3v) is 5.12. The van der Waals surface area contributed by atoms with Crippen molar-refractivity contribution in [1.82, 2.24) is 0 Å². The van der Waals surface area contributed by atoms with E-state index in [9.17, 15) is 14.7 Å². The van der Waals surface area contributed by atoms with Crippen LogP contribution in [0.3, 0.4) is 0 Å². The van der Waals surface area contributed by atoms with E-state index < -0.39 is 29.5 Å². The van der Waals surface area contributed by atoms with Crippen LogP contribution in [-0.4, -0.2) is 29.6 Å². The van der Waals surface area contributed by atoms with Crippen LogP contribution in [0, 0.1) is 11.8 Å². The van der Waals surface area contributed by atoms with Gasteiger partial charge < -0.3 is 19.5 Å². The maximum absolute atomic E-state index is 13.1. The zero-order valence-electron chi connectivity index (χ0n) is 12.4. The Balaban J connectivity index is 1.85. The number of para-hydroxylation sites is 1. The zero-order chi connectivity index (χ0) is 16.2. The van der Waals surface area contributed by atoms with E-state index >= 15 is 0 Å². The summed E-state index contributed by atoms with van der Waals surface area (Å²) >= 11 is 0. The summed E-state index contributed by atoms with van der Waals surface area (Å²) in [7, 11) is 0. The summed E-state index contributed by atoms with van der Waals surface area (Å²) in [6, 6.07) is 8.96. The second-order valence-electron chi connectivity index (χ2n) is 6.20. The fraction of sp³-hybridized carbons (Fsp3) is 0.333. The molecule has 2 bridgehead atoms. The van der Waals surface area contributed by atoms with E-state index in [1.54, 1.807) is 17.1 Å². The summed E-state index contributed by atoms with van der Waals surface area (Å²) in [5.74, 6) is -3.13. The SMILES string of the molecule is C=CC[C@@H]1N(c2ccccc2)C(=O)[C@@H]2[C@H](C(=O)[O-])[C@@H]3C=C[C@]21O3. The van der Waals surface area contributed by atoms with Gasteiger partial charge in [0.05, 0.1) is 18.1 Å². The lowest BCUT2D eigenvalue weighted by Gasteiger charge is -2.32. The number of rotatable bonds is 4. The zero-order valence-corrected chi connectivity index (χ0v) is 12.4. The molecule has 23 heavy (non-hydrogen) atoms. The van der Waals surface area contributed by atoms with Crippen molar-refractivity contribution in [2.45, 2.75) is 24.2 Å². The van der Waals surface area contributed by atoms with Gasteiger partial charge in [-0.05, 0) is 18.6 Å². The molecule has 0 aromatic heterocycles. The number of hydrogen-bond donors (Lipinski definition) is 0. The van der Waals surface area contributed by atoms with Crippen molar-refractivity contribution in [3.8, 4) is 0 Å². The van der Waals surface area contributed by atoms with E-state index in [1.165, 1.54) is 0 Å². The Labute approximate surface area is 133 Å². The van der Waals surface area contributed by atoms with E-state index in [2.05, 4.69) is 6.58 Å². The summed E-state index contributed by atoms with van der Waals surface area (Å²) in [4.78, 5) is 26.3. The average molecular weight is 310 g/mol. The molecule has 5 nitrogen and oxygen atoms in total. The van der Waals surface area contributed by atoms with Crippen LogP contribution in [0.2, 0.25) is 0 Å². The standard InChI is InChI=1S/C18H17NO4/c1-2-6-13-18-10-9-12(23-18)14(17(21)22)15(18)16(20)19(13)11-7-4-3-5-8-11/h2-5,7-10,12-15H,1,6H2,(H,21,22)/p-1/t12-,13-,14+,15-,18+/m0/s1. The maximum Gasteiger partial charge on any atom is 0.234 e.